The van der Waals surface area contributed by atoms with Crippen LogP contribution in [0.1, 0.15) is 5.56 Å². The van der Waals surface area contributed by atoms with E-state index in [2.05, 4.69) is 5.32 Å². The van der Waals surface area contributed by atoms with Crippen LogP contribution in [0.25, 0.3) is 0 Å². The molecule has 2 rings (SSSR count). The summed E-state index contributed by atoms with van der Waals surface area (Å²) in [5.41, 5.74) is -0.604. The summed E-state index contributed by atoms with van der Waals surface area (Å²) in [5, 5.41) is 2.81. The van der Waals surface area contributed by atoms with Gasteiger partial charge in [0.1, 0.15) is 5.75 Å². The fourth-order valence-electron chi connectivity index (χ4n) is 1.50. The van der Waals surface area contributed by atoms with Crippen LogP contribution in [0.5, 0.6) is 5.75 Å². The second-order valence-electron chi connectivity index (χ2n) is 3.83. The molecule has 0 aromatic heterocycles. The van der Waals surface area contributed by atoms with E-state index in [4.69, 9.17) is 4.74 Å². The van der Waals surface area contributed by atoms with Gasteiger partial charge in [-0.05, 0) is 24.3 Å². The normalized spacial score (nSPS) is 14.6. The van der Waals surface area contributed by atoms with E-state index in [9.17, 15) is 18.0 Å². The number of rotatable bonds is 2. The molecule has 0 fully saturated rings. The number of hydrogen-bond donors (Lipinski definition) is 1. The summed E-state index contributed by atoms with van der Waals surface area (Å²) in [4.78, 5) is 11.7. The average molecular weight is 269 g/mol. The minimum atomic E-state index is -4.46. The number of hydrogen-bond acceptors (Lipinski definition) is 3. The van der Waals surface area contributed by atoms with Gasteiger partial charge in [-0.1, -0.05) is 12.1 Å². The molecule has 0 radical (unpaired) electrons. The zero-order chi connectivity index (χ0) is 13.9. The van der Waals surface area contributed by atoms with Gasteiger partial charge in [-0.25, -0.2) is 4.79 Å². The van der Waals surface area contributed by atoms with Crippen molar-refractivity contribution in [3.05, 3.63) is 53.8 Å². The number of nitrogens with one attached hydrogen (secondary N) is 1. The third kappa shape index (κ3) is 3.37. The van der Waals surface area contributed by atoms with Gasteiger partial charge in [0.2, 0.25) is 0 Å². The molecular formula is C13H10F3NO2. The SMILES string of the molecule is O=C(Oc1cccc(C(F)(F)F)c1)C1=CNCC=C1. The molecule has 1 aromatic rings. The highest BCUT2D eigenvalue weighted by Gasteiger charge is 2.30. The van der Waals surface area contributed by atoms with Gasteiger partial charge in [0.05, 0.1) is 11.1 Å². The molecule has 0 saturated heterocycles. The number of halogens is 3. The lowest BCUT2D eigenvalue weighted by molar-refractivity contribution is -0.138. The Morgan fingerprint density at radius 1 is 1.32 bits per heavy atom. The van der Waals surface area contributed by atoms with Gasteiger partial charge >= 0.3 is 12.1 Å². The highest BCUT2D eigenvalue weighted by atomic mass is 19.4. The van der Waals surface area contributed by atoms with E-state index in [-0.39, 0.29) is 11.3 Å². The van der Waals surface area contributed by atoms with Gasteiger partial charge < -0.3 is 10.1 Å². The fourth-order valence-corrected chi connectivity index (χ4v) is 1.50. The Morgan fingerprint density at radius 2 is 2.11 bits per heavy atom. The minimum Gasteiger partial charge on any atom is -0.423 e. The maximum atomic E-state index is 12.5. The summed E-state index contributed by atoms with van der Waals surface area (Å²) in [6, 6.07) is 4.19. The van der Waals surface area contributed by atoms with Crippen LogP contribution in [-0.4, -0.2) is 12.5 Å². The van der Waals surface area contributed by atoms with Crippen LogP contribution >= 0.6 is 0 Å². The van der Waals surface area contributed by atoms with Gasteiger partial charge in [0.25, 0.3) is 0 Å². The van der Waals surface area contributed by atoms with E-state index in [1.165, 1.54) is 18.3 Å². The highest BCUT2D eigenvalue weighted by molar-refractivity contribution is 5.93. The smallest absolute Gasteiger partial charge is 0.416 e. The molecule has 0 aliphatic carbocycles. The zero-order valence-corrected chi connectivity index (χ0v) is 9.70. The lowest BCUT2D eigenvalue weighted by Gasteiger charge is -2.10. The number of benzene rings is 1. The van der Waals surface area contributed by atoms with E-state index in [1.807, 2.05) is 0 Å². The number of dihydropyridines is 1. The molecule has 3 nitrogen and oxygen atoms in total. The Morgan fingerprint density at radius 3 is 2.74 bits per heavy atom. The van der Waals surface area contributed by atoms with Crippen molar-refractivity contribution in [2.45, 2.75) is 6.18 Å². The van der Waals surface area contributed by atoms with E-state index in [0.29, 0.717) is 6.54 Å². The maximum Gasteiger partial charge on any atom is 0.416 e. The van der Waals surface area contributed by atoms with Gasteiger partial charge in [-0.3, -0.25) is 0 Å². The molecule has 1 aliphatic rings. The third-order valence-electron chi connectivity index (χ3n) is 2.40. The first-order valence-electron chi connectivity index (χ1n) is 5.46. The Labute approximate surface area is 107 Å². The highest BCUT2D eigenvalue weighted by Crippen LogP contribution is 2.31. The van der Waals surface area contributed by atoms with Crippen molar-refractivity contribution < 1.29 is 22.7 Å². The molecular weight excluding hydrogens is 259 g/mol. The van der Waals surface area contributed by atoms with E-state index < -0.39 is 17.7 Å². The summed E-state index contributed by atoms with van der Waals surface area (Å²) in [5.74, 6) is -0.845. The first-order chi connectivity index (χ1) is 8.97. The van der Waals surface area contributed by atoms with Crippen molar-refractivity contribution in [2.75, 3.05) is 6.54 Å². The molecule has 1 aromatic carbocycles. The van der Waals surface area contributed by atoms with Gasteiger partial charge in [0, 0.05) is 12.7 Å². The summed E-state index contributed by atoms with van der Waals surface area (Å²) >= 11 is 0. The van der Waals surface area contributed by atoms with Crippen molar-refractivity contribution in [1.29, 1.82) is 0 Å². The fraction of sp³-hybridized carbons (Fsp3) is 0.154. The first-order valence-corrected chi connectivity index (χ1v) is 5.46. The van der Waals surface area contributed by atoms with Crippen molar-refractivity contribution in [1.82, 2.24) is 5.32 Å². The van der Waals surface area contributed by atoms with E-state index in [1.54, 1.807) is 12.2 Å². The van der Waals surface area contributed by atoms with Crippen LogP contribution in [0, 0.1) is 0 Å². The molecule has 0 amide bonds. The number of alkyl halides is 3. The van der Waals surface area contributed by atoms with Crippen molar-refractivity contribution >= 4 is 5.97 Å². The van der Waals surface area contributed by atoms with Crippen LogP contribution in [0.15, 0.2) is 48.2 Å². The lowest BCUT2D eigenvalue weighted by atomic mass is 10.2. The second kappa shape index (κ2) is 5.17. The molecule has 100 valence electrons. The van der Waals surface area contributed by atoms with Crippen LogP contribution in [0.4, 0.5) is 13.2 Å². The van der Waals surface area contributed by atoms with E-state index in [0.717, 1.165) is 12.1 Å². The van der Waals surface area contributed by atoms with Crippen molar-refractivity contribution in [3.63, 3.8) is 0 Å². The standard InChI is InChI=1S/C13H10F3NO2/c14-13(15,16)10-4-1-5-11(7-10)19-12(18)9-3-2-6-17-8-9/h1-5,7-8,17H,6H2. The molecule has 0 atom stereocenters. The molecule has 1 heterocycles. The molecule has 0 saturated carbocycles. The maximum absolute atomic E-state index is 12.5. The van der Waals surface area contributed by atoms with Crippen molar-refractivity contribution in [2.24, 2.45) is 0 Å². The van der Waals surface area contributed by atoms with E-state index >= 15 is 0 Å². The topological polar surface area (TPSA) is 38.3 Å². The molecule has 0 spiro atoms. The van der Waals surface area contributed by atoms with Gasteiger partial charge in [-0.15, -0.1) is 0 Å². The predicted molar refractivity (Wildman–Crippen MR) is 62.3 cm³/mol. The Kier molecular flexibility index (Phi) is 3.59. The Bertz CT molecular complexity index is 547. The molecule has 0 bridgehead atoms. The summed E-state index contributed by atoms with van der Waals surface area (Å²) in [6.07, 6.45) is 0.249. The Hall–Kier alpha value is -2.24. The molecule has 1 N–H and O–H groups in total. The minimum absolute atomic E-state index is 0.139. The van der Waals surface area contributed by atoms with Gasteiger partial charge in [0.15, 0.2) is 0 Å². The lowest BCUT2D eigenvalue weighted by Crippen LogP contribution is -2.17. The number of esters is 1. The monoisotopic (exact) mass is 269 g/mol. The van der Waals surface area contributed by atoms with Crippen LogP contribution in [-0.2, 0) is 11.0 Å². The third-order valence-corrected chi connectivity index (χ3v) is 2.40. The first kappa shape index (κ1) is 13.2. The summed E-state index contributed by atoms with van der Waals surface area (Å²) in [7, 11) is 0. The largest absolute Gasteiger partial charge is 0.423 e. The number of ether oxygens (including phenoxy) is 1. The summed E-state index contributed by atoms with van der Waals surface area (Å²) < 4.78 is 42.4. The van der Waals surface area contributed by atoms with Crippen LogP contribution in [0.3, 0.4) is 0 Å². The molecule has 1 aliphatic heterocycles. The van der Waals surface area contributed by atoms with Crippen LogP contribution < -0.4 is 10.1 Å². The van der Waals surface area contributed by atoms with Crippen molar-refractivity contribution in [3.8, 4) is 5.75 Å². The van der Waals surface area contributed by atoms with Crippen LogP contribution in [0.2, 0.25) is 0 Å². The number of carbonyl (C=O) groups is 1. The zero-order valence-electron chi connectivity index (χ0n) is 9.70. The molecule has 0 unspecified atom stereocenters. The summed E-state index contributed by atoms with van der Waals surface area (Å²) in [6.45, 7) is 0.598. The Balaban J connectivity index is 2.13. The average Bonchev–Trinajstić information content (AvgIpc) is 2.39. The number of carbonyl (C=O) groups excluding carboxylic acids is 1. The quantitative estimate of drug-likeness (QED) is 0.662. The molecule has 19 heavy (non-hydrogen) atoms. The second-order valence-corrected chi connectivity index (χ2v) is 3.83. The predicted octanol–water partition coefficient (Wildman–Crippen LogP) is 2.65. The van der Waals surface area contributed by atoms with Gasteiger partial charge in [-0.2, -0.15) is 13.2 Å². The molecule has 6 heteroatoms.